The summed E-state index contributed by atoms with van der Waals surface area (Å²) >= 11 is 0. The van der Waals surface area contributed by atoms with Crippen LogP contribution in [0.15, 0.2) is 24.3 Å². The van der Waals surface area contributed by atoms with Crippen molar-refractivity contribution in [2.24, 2.45) is 5.73 Å². The fraction of sp³-hybridized carbons (Fsp3) is 0.640. The third-order valence-corrected chi connectivity index (χ3v) is 6.90. The lowest BCUT2D eigenvalue weighted by Gasteiger charge is -2.33. The van der Waals surface area contributed by atoms with Gasteiger partial charge in [0.1, 0.15) is 5.82 Å². The molecule has 1 aromatic carbocycles. The van der Waals surface area contributed by atoms with Crippen LogP contribution < -0.4 is 11.1 Å². The van der Waals surface area contributed by atoms with E-state index in [1.54, 1.807) is 7.11 Å². The molecule has 0 saturated carbocycles. The standard InChI is InChI=1S/C25H38N6O3/c1-34-15-7-14-31-22-10-3-2-9-21(22)28-24(31)19-8-6-13-30(18-19)23(32)16-20(26)17-27-25(33)29-11-4-5-12-29/h2-3,9-10,19-20H,4-8,11-18,26H2,1H3,(H,27,33). The highest BCUT2D eigenvalue weighted by Crippen LogP contribution is 2.30. The number of nitrogens with one attached hydrogen (secondary N) is 1. The zero-order valence-corrected chi connectivity index (χ0v) is 20.2. The van der Waals surface area contributed by atoms with Crippen molar-refractivity contribution in [1.82, 2.24) is 24.7 Å². The van der Waals surface area contributed by atoms with Crippen LogP contribution in [0.5, 0.6) is 0 Å². The third kappa shape index (κ3) is 5.88. The topological polar surface area (TPSA) is 106 Å². The lowest BCUT2D eigenvalue weighted by Crippen LogP contribution is -2.47. The van der Waals surface area contributed by atoms with Crippen molar-refractivity contribution in [2.45, 2.75) is 57.0 Å². The van der Waals surface area contributed by atoms with Gasteiger partial charge in [-0.2, -0.15) is 0 Å². The van der Waals surface area contributed by atoms with Crippen molar-refractivity contribution in [3.63, 3.8) is 0 Å². The van der Waals surface area contributed by atoms with Crippen molar-refractivity contribution >= 4 is 23.0 Å². The van der Waals surface area contributed by atoms with Crippen LogP contribution in [-0.2, 0) is 16.1 Å². The Morgan fingerprint density at radius 1 is 1.18 bits per heavy atom. The molecule has 0 radical (unpaired) electrons. The minimum Gasteiger partial charge on any atom is -0.385 e. The fourth-order valence-corrected chi connectivity index (χ4v) is 5.10. The Labute approximate surface area is 201 Å². The van der Waals surface area contributed by atoms with E-state index in [1.807, 2.05) is 28.0 Å². The second kappa shape index (κ2) is 11.7. The van der Waals surface area contributed by atoms with Crippen LogP contribution in [0.3, 0.4) is 0 Å². The highest BCUT2D eigenvalue weighted by atomic mass is 16.5. The van der Waals surface area contributed by atoms with Crippen molar-refractivity contribution in [2.75, 3.05) is 46.4 Å². The van der Waals surface area contributed by atoms with E-state index < -0.39 is 6.04 Å². The number of benzene rings is 1. The minimum atomic E-state index is -0.391. The summed E-state index contributed by atoms with van der Waals surface area (Å²) in [5, 5.41) is 2.88. The summed E-state index contributed by atoms with van der Waals surface area (Å²) in [7, 11) is 1.72. The molecule has 2 atom stereocenters. The first-order valence-corrected chi connectivity index (χ1v) is 12.6. The predicted molar refractivity (Wildman–Crippen MR) is 132 cm³/mol. The van der Waals surface area contributed by atoms with Crippen molar-refractivity contribution in [3.05, 3.63) is 30.1 Å². The molecule has 34 heavy (non-hydrogen) atoms. The number of urea groups is 1. The molecule has 2 aliphatic rings. The Balaban J connectivity index is 1.36. The van der Waals surface area contributed by atoms with Gasteiger partial charge in [-0.1, -0.05) is 12.1 Å². The number of piperidine rings is 1. The molecule has 0 spiro atoms. The van der Waals surface area contributed by atoms with E-state index in [9.17, 15) is 9.59 Å². The first-order chi connectivity index (χ1) is 16.6. The maximum Gasteiger partial charge on any atom is 0.317 e. The molecular formula is C25H38N6O3. The Morgan fingerprint density at radius 3 is 2.74 bits per heavy atom. The molecule has 2 unspecified atom stereocenters. The number of hydrogen-bond acceptors (Lipinski definition) is 5. The summed E-state index contributed by atoms with van der Waals surface area (Å²) in [6.07, 6.45) is 5.20. The average Bonchev–Trinajstić information content (AvgIpc) is 3.52. The molecule has 2 fully saturated rings. The highest BCUT2D eigenvalue weighted by molar-refractivity contribution is 5.78. The number of amides is 3. The van der Waals surface area contributed by atoms with Crippen LogP contribution in [0, 0.1) is 0 Å². The Kier molecular flexibility index (Phi) is 8.39. The molecule has 0 bridgehead atoms. The molecule has 3 N–H and O–H groups in total. The number of likely N-dealkylation sites (tertiary alicyclic amines) is 2. The van der Waals surface area contributed by atoms with E-state index in [0.717, 1.165) is 75.1 Å². The van der Waals surface area contributed by atoms with Gasteiger partial charge in [0, 0.05) is 71.4 Å². The number of aryl methyl sites for hydroxylation is 1. The molecule has 2 aliphatic heterocycles. The highest BCUT2D eigenvalue weighted by Gasteiger charge is 2.29. The van der Waals surface area contributed by atoms with E-state index in [0.29, 0.717) is 19.7 Å². The maximum absolute atomic E-state index is 13.0. The van der Waals surface area contributed by atoms with E-state index in [-0.39, 0.29) is 24.3 Å². The molecule has 1 aromatic heterocycles. The summed E-state index contributed by atoms with van der Waals surface area (Å²) in [6.45, 7) is 4.85. The van der Waals surface area contributed by atoms with Gasteiger partial charge in [0.2, 0.25) is 5.91 Å². The quantitative estimate of drug-likeness (QED) is 0.547. The monoisotopic (exact) mass is 470 g/mol. The molecule has 3 amide bonds. The van der Waals surface area contributed by atoms with E-state index >= 15 is 0 Å². The number of fused-ring (bicyclic) bond motifs is 1. The second-order valence-corrected chi connectivity index (χ2v) is 9.48. The number of hydrogen-bond donors (Lipinski definition) is 2. The molecule has 9 heteroatoms. The second-order valence-electron chi connectivity index (χ2n) is 9.48. The van der Waals surface area contributed by atoms with Crippen molar-refractivity contribution in [1.29, 1.82) is 0 Å². The SMILES string of the molecule is COCCCn1c(C2CCCN(C(=O)CC(N)CNC(=O)N3CCCC3)C2)nc2ccccc21. The zero-order valence-electron chi connectivity index (χ0n) is 20.2. The first kappa shape index (κ1) is 24.5. The molecule has 9 nitrogen and oxygen atoms in total. The Morgan fingerprint density at radius 2 is 1.94 bits per heavy atom. The van der Waals surface area contributed by atoms with E-state index in [4.69, 9.17) is 15.5 Å². The lowest BCUT2D eigenvalue weighted by molar-refractivity contribution is -0.132. The first-order valence-electron chi connectivity index (χ1n) is 12.6. The number of carbonyl (C=O) groups is 2. The Bertz CT molecular complexity index is 971. The van der Waals surface area contributed by atoms with Gasteiger partial charge in [0.25, 0.3) is 0 Å². The van der Waals surface area contributed by atoms with Crippen LogP contribution in [0.25, 0.3) is 11.0 Å². The number of para-hydroxylation sites is 2. The van der Waals surface area contributed by atoms with Gasteiger partial charge < -0.3 is 30.2 Å². The summed E-state index contributed by atoms with van der Waals surface area (Å²) in [4.78, 5) is 33.9. The fourth-order valence-electron chi connectivity index (χ4n) is 5.10. The van der Waals surface area contributed by atoms with Crippen LogP contribution in [0.2, 0.25) is 0 Å². The predicted octanol–water partition coefficient (Wildman–Crippen LogP) is 2.30. The number of imidazole rings is 1. The molecule has 2 aromatic rings. The summed E-state index contributed by atoms with van der Waals surface area (Å²) in [5.74, 6) is 1.30. The normalized spacial score (nSPS) is 19.5. The van der Waals surface area contributed by atoms with Crippen LogP contribution in [0.4, 0.5) is 4.79 Å². The zero-order chi connectivity index (χ0) is 23.9. The summed E-state index contributed by atoms with van der Waals surface area (Å²) in [5.41, 5.74) is 8.33. The van der Waals surface area contributed by atoms with Gasteiger partial charge >= 0.3 is 6.03 Å². The van der Waals surface area contributed by atoms with Gasteiger partial charge in [0.15, 0.2) is 0 Å². The van der Waals surface area contributed by atoms with E-state index in [1.165, 1.54) is 0 Å². The molecule has 186 valence electrons. The maximum atomic E-state index is 13.0. The molecular weight excluding hydrogens is 432 g/mol. The van der Waals surface area contributed by atoms with Crippen LogP contribution in [-0.4, -0.2) is 83.8 Å². The number of aromatic nitrogens is 2. The van der Waals surface area contributed by atoms with Gasteiger partial charge in [0.05, 0.1) is 11.0 Å². The number of nitrogens with zero attached hydrogens (tertiary/aromatic N) is 4. The third-order valence-electron chi connectivity index (χ3n) is 6.90. The summed E-state index contributed by atoms with van der Waals surface area (Å²) in [6, 6.07) is 7.75. The van der Waals surface area contributed by atoms with Gasteiger partial charge in [-0.3, -0.25) is 4.79 Å². The minimum absolute atomic E-state index is 0.0506. The van der Waals surface area contributed by atoms with E-state index in [2.05, 4.69) is 16.0 Å². The smallest absolute Gasteiger partial charge is 0.317 e. The van der Waals surface area contributed by atoms with Crippen molar-refractivity contribution < 1.29 is 14.3 Å². The molecule has 0 aliphatic carbocycles. The summed E-state index contributed by atoms with van der Waals surface area (Å²) < 4.78 is 7.56. The number of rotatable bonds is 9. The van der Waals surface area contributed by atoms with Crippen LogP contribution >= 0.6 is 0 Å². The van der Waals surface area contributed by atoms with Gasteiger partial charge in [-0.25, -0.2) is 9.78 Å². The van der Waals surface area contributed by atoms with Crippen molar-refractivity contribution in [3.8, 4) is 0 Å². The molecule has 4 rings (SSSR count). The Hall–Kier alpha value is -2.65. The van der Waals surface area contributed by atoms with Gasteiger partial charge in [-0.15, -0.1) is 0 Å². The number of ether oxygens (including phenoxy) is 1. The number of nitrogens with two attached hydrogens (primary N) is 1. The largest absolute Gasteiger partial charge is 0.385 e. The number of carbonyl (C=O) groups excluding carboxylic acids is 2. The number of methoxy groups -OCH3 is 1. The molecule has 3 heterocycles. The lowest BCUT2D eigenvalue weighted by atomic mass is 9.96. The average molecular weight is 471 g/mol. The van der Waals surface area contributed by atoms with Crippen LogP contribution in [0.1, 0.15) is 50.3 Å². The van der Waals surface area contributed by atoms with Gasteiger partial charge in [-0.05, 0) is 44.2 Å². The molecule has 2 saturated heterocycles.